The Morgan fingerprint density at radius 1 is 1.11 bits per heavy atom. The average Bonchev–Trinajstić information content (AvgIpc) is 2.40. The lowest BCUT2D eigenvalue weighted by atomic mass is 10.0. The standard InChI is InChI=1S/C15H14BrClO/c16-12-7-8-14(17)13(10-12)15(18)9-6-11-4-2-1-3-5-11/h1-5,7-8,10,15,18H,6,9H2. The molecule has 1 unspecified atom stereocenters. The van der Waals surface area contributed by atoms with Gasteiger partial charge in [-0.25, -0.2) is 0 Å². The maximum absolute atomic E-state index is 10.2. The average molecular weight is 326 g/mol. The zero-order valence-corrected chi connectivity index (χ0v) is 12.2. The molecule has 94 valence electrons. The zero-order valence-electron chi connectivity index (χ0n) is 9.81. The quantitative estimate of drug-likeness (QED) is 0.858. The Morgan fingerprint density at radius 3 is 2.56 bits per heavy atom. The molecular weight excluding hydrogens is 312 g/mol. The number of hydrogen-bond acceptors (Lipinski definition) is 1. The minimum Gasteiger partial charge on any atom is -0.388 e. The number of aryl methyl sites for hydroxylation is 1. The normalized spacial score (nSPS) is 12.4. The van der Waals surface area contributed by atoms with Gasteiger partial charge in [-0.15, -0.1) is 0 Å². The zero-order chi connectivity index (χ0) is 13.0. The van der Waals surface area contributed by atoms with Crippen molar-refractivity contribution in [2.24, 2.45) is 0 Å². The molecule has 0 fully saturated rings. The molecule has 0 heterocycles. The van der Waals surface area contributed by atoms with Gasteiger partial charge in [-0.1, -0.05) is 57.9 Å². The van der Waals surface area contributed by atoms with E-state index in [0.29, 0.717) is 11.4 Å². The lowest BCUT2D eigenvalue weighted by Gasteiger charge is -2.13. The summed E-state index contributed by atoms with van der Waals surface area (Å²) in [6, 6.07) is 15.7. The Labute approximate surface area is 121 Å². The summed E-state index contributed by atoms with van der Waals surface area (Å²) < 4.78 is 0.931. The number of hydrogen-bond donors (Lipinski definition) is 1. The highest BCUT2D eigenvalue weighted by Crippen LogP contribution is 2.29. The van der Waals surface area contributed by atoms with E-state index in [1.54, 1.807) is 6.07 Å². The third-order valence-corrected chi connectivity index (χ3v) is 3.70. The van der Waals surface area contributed by atoms with Gasteiger partial charge in [0.2, 0.25) is 0 Å². The molecule has 0 amide bonds. The molecular formula is C15H14BrClO. The largest absolute Gasteiger partial charge is 0.388 e. The monoisotopic (exact) mass is 324 g/mol. The predicted molar refractivity (Wildman–Crippen MR) is 78.9 cm³/mol. The molecule has 0 saturated heterocycles. The molecule has 0 spiro atoms. The van der Waals surface area contributed by atoms with Crippen LogP contribution in [0, 0.1) is 0 Å². The molecule has 0 aliphatic carbocycles. The van der Waals surface area contributed by atoms with Crippen molar-refractivity contribution < 1.29 is 5.11 Å². The van der Waals surface area contributed by atoms with Gasteiger partial charge in [0, 0.05) is 15.1 Å². The van der Waals surface area contributed by atoms with Crippen molar-refractivity contribution in [3.63, 3.8) is 0 Å². The predicted octanol–water partition coefficient (Wildman–Crippen LogP) is 4.77. The van der Waals surface area contributed by atoms with Crippen LogP contribution < -0.4 is 0 Å². The Balaban J connectivity index is 2.03. The van der Waals surface area contributed by atoms with E-state index in [9.17, 15) is 5.11 Å². The molecule has 0 aromatic heterocycles. The van der Waals surface area contributed by atoms with Crippen LogP contribution in [0.15, 0.2) is 53.0 Å². The Kier molecular flexibility index (Phi) is 4.81. The van der Waals surface area contributed by atoms with Crippen LogP contribution >= 0.6 is 27.5 Å². The van der Waals surface area contributed by atoms with Gasteiger partial charge in [0.05, 0.1) is 6.10 Å². The van der Waals surface area contributed by atoms with E-state index in [1.165, 1.54) is 5.56 Å². The second-order valence-electron chi connectivity index (χ2n) is 4.21. The molecule has 3 heteroatoms. The number of aliphatic hydroxyl groups is 1. The summed E-state index contributed by atoms with van der Waals surface area (Å²) in [6.45, 7) is 0. The van der Waals surface area contributed by atoms with Crippen molar-refractivity contribution in [3.05, 3.63) is 69.2 Å². The number of benzene rings is 2. The summed E-state index contributed by atoms with van der Waals surface area (Å²) in [5, 5.41) is 10.8. The summed E-state index contributed by atoms with van der Waals surface area (Å²) in [5.74, 6) is 0. The van der Waals surface area contributed by atoms with Crippen LogP contribution in [-0.4, -0.2) is 5.11 Å². The second-order valence-corrected chi connectivity index (χ2v) is 5.53. The van der Waals surface area contributed by atoms with Gasteiger partial charge < -0.3 is 5.11 Å². The summed E-state index contributed by atoms with van der Waals surface area (Å²) in [6.07, 6.45) is 0.973. The molecule has 0 radical (unpaired) electrons. The molecule has 2 rings (SSSR count). The number of halogens is 2. The first-order valence-electron chi connectivity index (χ1n) is 5.84. The van der Waals surface area contributed by atoms with Crippen LogP contribution in [0.25, 0.3) is 0 Å². The highest BCUT2D eigenvalue weighted by Gasteiger charge is 2.12. The van der Waals surface area contributed by atoms with Crippen LogP contribution in [0.2, 0.25) is 5.02 Å². The first-order chi connectivity index (χ1) is 8.66. The summed E-state index contributed by atoms with van der Waals surface area (Å²) in [4.78, 5) is 0. The number of rotatable bonds is 4. The minimum atomic E-state index is -0.532. The molecule has 0 bridgehead atoms. The van der Waals surface area contributed by atoms with Gasteiger partial charge in [0.15, 0.2) is 0 Å². The van der Waals surface area contributed by atoms with E-state index in [1.807, 2.05) is 30.3 Å². The third kappa shape index (κ3) is 3.58. The lowest BCUT2D eigenvalue weighted by molar-refractivity contribution is 0.168. The fourth-order valence-corrected chi connectivity index (χ4v) is 2.50. The molecule has 2 aromatic carbocycles. The summed E-state index contributed by atoms with van der Waals surface area (Å²) >= 11 is 9.48. The van der Waals surface area contributed by atoms with Crippen molar-refractivity contribution >= 4 is 27.5 Å². The maximum Gasteiger partial charge on any atom is 0.0808 e. The van der Waals surface area contributed by atoms with Crippen LogP contribution in [0.5, 0.6) is 0 Å². The molecule has 2 aromatic rings. The second kappa shape index (κ2) is 6.37. The van der Waals surface area contributed by atoms with Crippen molar-refractivity contribution in [2.75, 3.05) is 0 Å². The Bertz CT molecular complexity index is 513. The molecule has 0 aliphatic rings. The van der Waals surface area contributed by atoms with Crippen molar-refractivity contribution in [1.82, 2.24) is 0 Å². The van der Waals surface area contributed by atoms with E-state index in [2.05, 4.69) is 28.1 Å². The molecule has 18 heavy (non-hydrogen) atoms. The smallest absolute Gasteiger partial charge is 0.0808 e. The number of aliphatic hydroxyl groups excluding tert-OH is 1. The van der Waals surface area contributed by atoms with Gasteiger partial charge in [0.1, 0.15) is 0 Å². The first kappa shape index (κ1) is 13.6. The van der Waals surface area contributed by atoms with E-state index in [0.717, 1.165) is 16.5 Å². The van der Waals surface area contributed by atoms with Crippen LogP contribution in [0.3, 0.4) is 0 Å². The Morgan fingerprint density at radius 2 is 1.83 bits per heavy atom. The summed E-state index contributed by atoms with van der Waals surface area (Å²) in [7, 11) is 0. The van der Waals surface area contributed by atoms with Gasteiger partial charge in [0.25, 0.3) is 0 Å². The van der Waals surface area contributed by atoms with Crippen molar-refractivity contribution in [3.8, 4) is 0 Å². The van der Waals surface area contributed by atoms with Crippen LogP contribution in [0.1, 0.15) is 23.7 Å². The van der Waals surface area contributed by atoms with E-state index in [4.69, 9.17) is 11.6 Å². The van der Waals surface area contributed by atoms with Gasteiger partial charge >= 0.3 is 0 Å². The van der Waals surface area contributed by atoms with Crippen molar-refractivity contribution in [1.29, 1.82) is 0 Å². The fourth-order valence-electron chi connectivity index (χ4n) is 1.87. The summed E-state index contributed by atoms with van der Waals surface area (Å²) in [5.41, 5.74) is 2.00. The topological polar surface area (TPSA) is 20.2 Å². The first-order valence-corrected chi connectivity index (χ1v) is 7.01. The SMILES string of the molecule is OC(CCc1ccccc1)c1cc(Br)ccc1Cl. The highest BCUT2D eigenvalue weighted by atomic mass is 79.9. The van der Waals surface area contributed by atoms with Gasteiger partial charge in [-0.3, -0.25) is 0 Å². The fraction of sp³-hybridized carbons (Fsp3) is 0.200. The van der Waals surface area contributed by atoms with Crippen molar-refractivity contribution in [2.45, 2.75) is 18.9 Å². The molecule has 0 aliphatic heterocycles. The van der Waals surface area contributed by atoms with E-state index < -0.39 is 6.10 Å². The minimum absolute atomic E-state index is 0.532. The molecule has 1 nitrogen and oxygen atoms in total. The Hall–Kier alpha value is -0.830. The molecule has 1 N–H and O–H groups in total. The van der Waals surface area contributed by atoms with Crippen LogP contribution in [-0.2, 0) is 6.42 Å². The molecule has 1 atom stereocenters. The van der Waals surface area contributed by atoms with Gasteiger partial charge in [-0.05, 0) is 36.6 Å². The maximum atomic E-state index is 10.2. The third-order valence-electron chi connectivity index (χ3n) is 2.87. The highest BCUT2D eigenvalue weighted by molar-refractivity contribution is 9.10. The van der Waals surface area contributed by atoms with Crippen LogP contribution in [0.4, 0.5) is 0 Å². The van der Waals surface area contributed by atoms with E-state index in [-0.39, 0.29) is 0 Å². The van der Waals surface area contributed by atoms with E-state index >= 15 is 0 Å². The van der Waals surface area contributed by atoms with Gasteiger partial charge in [-0.2, -0.15) is 0 Å². The molecule has 0 saturated carbocycles. The lowest BCUT2D eigenvalue weighted by Crippen LogP contribution is -2.00.